The Kier molecular flexibility index (Phi) is 7.29. The van der Waals surface area contributed by atoms with Crippen LogP contribution in [-0.2, 0) is 14.4 Å². The zero-order valence-corrected chi connectivity index (χ0v) is 19.8. The van der Waals surface area contributed by atoms with Gasteiger partial charge < -0.3 is 15.7 Å². The van der Waals surface area contributed by atoms with Crippen molar-refractivity contribution >= 4 is 62.5 Å². The molecule has 0 bridgehead atoms. The SMILES string of the molecule is Cc1cccc(NC(=O)CSc2nc3ccc(NC(=O)[C@H]4CCCC[C@@H]4C(=O)O)cc3s2)c1. The monoisotopic (exact) mass is 483 g/mol. The molecule has 1 heterocycles. The number of carbonyl (C=O) groups excluding carboxylic acids is 2. The number of aromatic nitrogens is 1. The average Bonchev–Trinajstić information content (AvgIpc) is 3.20. The summed E-state index contributed by atoms with van der Waals surface area (Å²) in [5.41, 5.74) is 3.27. The Balaban J connectivity index is 1.37. The first-order valence-electron chi connectivity index (χ1n) is 10.8. The number of carbonyl (C=O) groups is 3. The van der Waals surface area contributed by atoms with E-state index in [9.17, 15) is 19.5 Å². The minimum absolute atomic E-state index is 0.0988. The smallest absolute Gasteiger partial charge is 0.307 e. The van der Waals surface area contributed by atoms with Crippen molar-refractivity contribution in [1.29, 1.82) is 0 Å². The lowest BCUT2D eigenvalue weighted by atomic mass is 9.78. The molecular formula is C24H25N3O4S2. The van der Waals surface area contributed by atoms with Gasteiger partial charge in [0.1, 0.15) is 0 Å². The molecule has 3 N–H and O–H groups in total. The van der Waals surface area contributed by atoms with Crippen LogP contribution in [0.3, 0.4) is 0 Å². The molecule has 33 heavy (non-hydrogen) atoms. The number of carboxylic acid groups (broad SMARTS) is 1. The Morgan fingerprint density at radius 1 is 1.06 bits per heavy atom. The van der Waals surface area contributed by atoms with E-state index in [1.165, 1.54) is 23.1 Å². The molecule has 1 aliphatic carbocycles. The van der Waals surface area contributed by atoms with Gasteiger partial charge in [-0.1, -0.05) is 36.7 Å². The second-order valence-corrected chi connectivity index (χ2v) is 10.4. The summed E-state index contributed by atoms with van der Waals surface area (Å²) < 4.78 is 1.67. The topological polar surface area (TPSA) is 108 Å². The van der Waals surface area contributed by atoms with Crippen molar-refractivity contribution in [3.8, 4) is 0 Å². The molecule has 172 valence electrons. The quantitative estimate of drug-likeness (QED) is 0.400. The summed E-state index contributed by atoms with van der Waals surface area (Å²) in [7, 11) is 0. The van der Waals surface area contributed by atoms with Gasteiger partial charge in [0, 0.05) is 11.4 Å². The van der Waals surface area contributed by atoms with Crippen molar-refractivity contribution in [2.45, 2.75) is 36.9 Å². The average molecular weight is 484 g/mol. The number of benzene rings is 2. The molecule has 0 radical (unpaired) electrons. The van der Waals surface area contributed by atoms with Crippen LogP contribution >= 0.6 is 23.1 Å². The first-order chi connectivity index (χ1) is 15.9. The molecule has 0 aliphatic heterocycles. The summed E-state index contributed by atoms with van der Waals surface area (Å²) in [6.45, 7) is 1.97. The Hall–Kier alpha value is -2.91. The molecule has 1 aliphatic rings. The molecule has 3 aromatic rings. The van der Waals surface area contributed by atoms with Gasteiger partial charge in [0.05, 0.1) is 27.8 Å². The second-order valence-electron chi connectivity index (χ2n) is 8.19. The molecule has 0 saturated heterocycles. The lowest BCUT2D eigenvalue weighted by Crippen LogP contribution is -2.36. The third kappa shape index (κ3) is 5.91. The molecule has 2 atom stereocenters. The number of fused-ring (bicyclic) bond motifs is 1. The molecule has 2 aromatic carbocycles. The van der Waals surface area contributed by atoms with E-state index >= 15 is 0 Å². The highest BCUT2D eigenvalue weighted by atomic mass is 32.2. The molecule has 1 aromatic heterocycles. The van der Waals surface area contributed by atoms with Gasteiger partial charge in [0.2, 0.25) is 11.8 Å². The van der Waals surface area contributed by atoms with Crippen molar-refractivity contribution in [3.63, 3.8) is 0 Å². The summed E-state index contributed by atoms with van der Waals surface area (Å²) >= 11 is 2.82. The summed E-state index contributed by atoms with van der Waals surface area (Å²) in [6.07, 6.45) is 2.85. The van der Waals surface area contributed by atoms with Gasteiger partial charge >= 0.3 is 5.97 Å². The number of nitrogens with one attached hydrogen (secondary N) is 2. The highest BCUT2D eigenvalue weighted by Gasteiger charge is 2.35. The number of rotatable bonds is 7. The maximum Gasteiger partial charge on any atom is 0.307 e. The molecule has 9 heteroatoms. The third-order valence-electron chi connectivity index (χ3n) is 5.68. The lowest BCUT2D eigenvalue weighted by Gasteiger charge is -2.27. The van der Waals surface area contributed by atoms with E-state index in [4.69, 9.17) is 0 Å². The number of hydrogen-bond acceptors (Lipinski definition) is 6. The van der Waals surface area contributed by atoms with Gasteiger partial charge in [-0.2, -0.15) is 0 Å². The fourth-order valence-corrected chi connectivity index (χ4v) is 5.97. The van der Waals surface area contributed by atoms with Crippen molar-refractivity contribution in [2.75, 3.05) is 16.4 Å². The van der Waals surface area contributed by atoms with Crippen LogP contribution in [0, 0.1) is 18.8 Å². The molecule has 4 rings (SSSR count). The molecule has 1 fully saturated rings. The number of thiazole rings is 1. The summed E-state index contributed by atoms with van der Waals surface area (Å²) in [6, 6.07) is 13.1. The number of anilines is 2. The minimum Gasteiger partial charge on any atom is -0.481 e. The Morgan fingerprint density at radius 3 is 2.58 bits per heavy atom. The van der Waals surface area contributed by atoms with E-state index < -0.39 is 17.8 Å². The number of aliphatic carboxylic acids is 1. The number of nitrogens with zero attached hydrogens (tertiary/aromatic N) is 1. The highest BCUT2D eigenvalue weighted by molar-refractivity contribution is 8.01. The minimum atomic E-state index is -0.902. The van der Waals surface area contributed by atoms with Crippen LogP contribution in [0.4, 0.5) is 11.4 Å². The highest BCUT2D eigenvalue weighted by Crippen LogP contribution is 2.33. The van der Waals surface area contributed by atoms with E-state index in [1.54, 1.807) is 6.07 Å². The number of hydrogen-bond donors (Lipinski definition) is 3. The predicted molar refractivity (Wildman–Crippen MR) is 132 cm³/mol. The maximum absolute atomic E-state index is 12.7. The number of thioether (sulfide) groups is 1. The van der Waals surface area contributed by atoms with Crippen molar-refractivity contribution in [3.05, 3.63) is 48.0 Å². The van der Waals surface area contributed by atoms with Crippen LogP contribution in [-0.4, -0.2) is 33.6 Å². The largest absolute Gasteiger partial charge is 0.481 e. The zero-order chi connectivity index (χ0) is 23.4. The van der Waals surface area contributed by atoms with Crippen molar-refractivity contribution in [2.24, 2.45) is 11.8 Å². The zero-order valence-electron chi connectivity index (χ0n) is 18.2. The van der Waals surface area contributed by atoms with Gasteiger partial charge in [0.15, 0.2) is 4.34 Å². The van der Waals surface area contributed by atoms with Crippen LogP contribution in [0.5, 0.6) is 0 Å². The first-order valence-corrected chi connectivity index (χ1v) is 12.6. The molecular weight excluding hydrogens is 458 g/mol. The number of amides is 2. The number of carboxylic acids is 1. The third-order valence-corrected chi connectivity index (χ3v) is 7.85. The van der Waals surface area contributed by atoms with Crippen molar-refractivity contribution in [1.82, 2.24) is 4.98 Å². The number of aryl methyl sites for hydroxylation is 1. The van der Waals surface area contributed by atoms with Gasteiger partial charge in [-0.15, -0.1) is 11.3 Å². The standard InChI is InChI=1S/C24H25N3O4S2/c1-14-5-4-6-15(11-14)25-21(28)13-32-24-27-19-10-9-16(12-20(19)33-24)26-22(29)17-7-2-3-8-18(17)23(30)31/h4-6,9-12,17-18H,2-3,7-8,13H2,1H3,(H,25,28)(H,26,29)(H,30,31)/t17-,18-/m0/s1. The Labute approximate surface area is 200 Å². The first kappa shape index (κ1) is 23.3. The van der Waals surface area contributed by atoms with Gasteiger partial charge in [0.25, 0.3) is 0 Å². The van der Waals surface area contributed by atoms with E-state index in [-0.39, 0.29) is 17.6 Å². The summed E-state index contributed by atoms with van der Waals surface area (Å²) in [5, 5.41) is 15.2. The van der Waals surface area contributed by atoms with Crippen LogP contribution < -0.4 is 10.6 Å². The van der Waals surface area contributed by atoms with Gasteiger partial charge in [-0.05, 0) is 55.7 Å². The Bertz CT molecular complexity index is 1190. The summed E-state index contributed by atoms with van der Waals surface area (Å²) in [5.74, 6) is -2.13. The molecule has 0 spiro atoms. The normalized spacial score (nSPS) is 18.1. The lowest BCUT2D eigenvalue weighted by molar-refractivity contribution is -0.147. The van der Waals surface area contributed by atoms with Crippen LogP contribution in [0.1, 0.15) is 31.2 Å². The fraction of sp³-hybridized carbons (Fsp3) is 0.333. The second kappa shape index (κ2) is 10.4. The fourth-order valence-electron chi connectivity index (χ4n) is 4.07. The molecule has 2 amide bonds. The molecule has 7 nitrogen and oxygen atoms in total. The van der Waals surface area contributed by atoms with Gasteiger partial charge in [-0.25, -0.2) is 4.98 Å². The predicted octanol–water partition coefficient (Wildman–Crippen LogP) is 5.17. The summed E-state index contributed by atoms with van der Waals surface area (Å²) in [4.78, 5) is 41.1. The van der Waals surface area contributed by atoms with Crippen molar-refractivity contribution < 1.29 is 19.5 Å². The van der Waals surface area contributed by atoms with E-state index in [0.717, 1.165) is 38.6 Å². The van der Waals surface area contributed by atoms with Crippen LogP contribution in [0.2, 0.25) is 0 Å². The van der Waals surface area contributed by atoms with E-state index in [2.05, 4.69) is 15.6 Å². The Morgan fingerprint density at radius 2 is 1.82 bits per heavy atom. The maximum atomic E-state index is 12.7. The van der Waals surface area contributed by atoms with Crippen LogP contribution in [0.15, 0.2) is 46.8 Å². The van der Waals surface area contributed by atoms with Crippen LogP contribution in [0.25, 0.3) is 10.2 Å². The molecule has 0 unspecified atom stereocenters. The van der Waals surface area contributed by atoms with Gasteiger partial charge in [-0.3, -0.25) is 14.4 Å². The van der Waals surface area contributed by atoms with E-state index in [0.29, 0.717) is 18.5 Å². The van der Waals surface area contributed by atoms with E-state index in [1.807, 2.05) is 43.3 Å². The molecule has 1 saturated carbocycles.